The first kappa shape index (κ1) is 11.9. The molecule has 1 aromatic heterocycles. The Morgan fingerprint density at radius 2 is 2.06 bits per heavy atom. The summed E-state index contributed by atoms with van der Waals surface area (Å²) in [5.41, 5.74) is 4.44. The van der Waals surface area contributed by atoms with Gasteiger partial charge >= 0.3 is 6.18 Å². The maximum Gasteiger partial charge on any atom is 0.416 e. The van der Waals surface area contributed by atoms with Crippen LogP contribution >= 0.6 is 0 Å². The van der Waals surface area contributed by atoms with Crippen molar-refractivity contribution in [3.8, 4) is 11.8 Å². The molecule has 0 saturated carbocycles. The monoisotopic (exact) mass is 253 g/mol. The summed E-state index contributed by atoms with van der Waals surface area (Å²) in [7, 11) is 0. The summed E-state index contributed by atoms with van der Waals surface area (Å²) in [6.07, 6.45) is -3.27. The third-order valence-electron chi connectivity index (χ3n) is 2.20. The van der Waals surface area contributed by atoms with E-state index in [9.17, 15) is 13.2 Å². The zero-order valence-corrected chi connectivity index (χ0v) is 8.81. The van der Waals surface area contributed by atoms with Gasteiger partial charge < -0.3 is 5.73 Å². The van der Waals surface area contributed by atoms with E-state index in [1.54, 1.807) is 6.07 Å². The number of aromatic nitrogens is 3. The number of nitrogens with zero attached hydrogens (tertiary/aromatic N) is 4. The van der Waals surface area contributed by atoms with E-state index < -0.39 is 11.7 Å². The van der Waals surface area contributed by atoms with Crippen molar-refractivity contribution in [2.24, 2.45) is 0 Å². The fourth-order valence-electron chi connectivity index (χ4n) is 1.39. The molecule has 0 radical (unpaired) electrons. The number of halogens is 3. The Kier molecular flexibility index (Phi) is 2.67. The van der Waals surface area contributed by atoms with Crippen LogP contribution in [-0.4, -0.2) is 14.8 Å². The van der Waals surface area contributed by atoms with Crippen molar-refractivity contribution in [2.75, 3.05) is 5.73 Å². The number of anilines is 1. The first-order valence-corrected chi connectivity index (χ1v) is 4.70. The summed E-state index contributed by atoms with van der Waals surface area (Å²) in [4.78, 5) is 3.64. The van der Waals surface area contributed by atoms with Crippen LogP contribution in [0.2, 0.25) is 0 Å². The van der Waals surface area contributed by atoms with Crippen LogP contribution in [0.5, 0.6) is 0 Å². The van der Waals surface area contributed by atoms with Crippen LogP contribution in [0, 0.1) is 11.3 Å². The SMILES string of the molecule is N#Cc1cc(C(F)(F)F)ccc1-n1cnc(N)n1. The van der Waals surface area contributed by atoms with Gasteiger partial charge in [0.25, 0.3) is 0 Å². The molecule has 0 amide bonds. The highest BCUT2D eigenvalue weighted by molar-refractivity contribution is 5.50. The van der Waals surface area contributed by atoms with Crippen LogP contribution in [0.3, 0.4) is 0 Å². The second-order valence-corrected chi connectivity index (χ2v) is 3.39. The van der Waals surface area contributed by atoms with Crippen LogP contribution in [0.25, 0.3) is 5.69 Å². The van der Waals surface area contributed by atoms with Gasteiger partial charge in [0, 0.05) is 0 Å². The summed E-state index contributed by atoms with van der Waals surface area (Å²) in [5.74, 6) is -0.0289. The number of benzene rings is 1. The third-order valence-corrected chi connectivity index (χ3v) is 2.20. The Morgan fingerprint density at radius 3 is 2.56 bits per heavy atom. The molecule has 0 fully saturated rings. The van der Waals surface area contributed by atoms with Gasteiger partial charge in [0.15, 0.2) is 0 Å². The molecule has 0 atom stereocenters. The fraction of sp³-hybridized carbons (Fsp3) is 0.100. The van der Waals surface area contributed by atoms with E-state index in [2.05, 4.69) is 10.1 Å². The van der Waals surface area contributed by atoms with E-state index in [1.807, 2.05) is 0 Å². The maximum absolute atomic E-state index is 12.5. The highest BCUT2D eigenvalue weighted by Crippen LogP contribution is 2.31. The van der Waals surface area contributed by atoms with Gasteiger partial charge in [-0.2, -0.15) is 18.4 Å². The third kappa shape index (κ3) is 2.10. The Morgan fingerprint density at radius 1 is 1.33 bits per heavy atom. The van der Waals surface area contributed by atoms with Gasteiger partial charge in [-0.25, -0.2) is 9.67 Å². The smallest absolute Gasteiger partial charge is 0.366 e. The Balaban J connectivity index is 2.55. The van der Waals surface area contributed by atoms with Gasteiger partial charge in [-0.15, -0.1) is 5.10 Å². The molecule has 8 heteroatoms. The molecule has 0 spiro atoms. The van der Waals surface area contributed by atoms with Crippen molar-refractivity contribution in [1.29, 1.82) is 5.26 Å². The number of hydrogen-bond donors (Lipinski definition) is 1. The van der Waals surface area contributed by atoms with E-state index in [-0.39, 0.29) is 17.2 Å². The molecule has 5 nitrogen and oxygen atoms in total. The van der Waals surface area contributed by atoms with Crippen LogP contribution in [0.1, 0.15) is 11.1 Å². The predicted octanol–water partition coefficient (Wildman–Crippen LogP) is 1.74. The van der Waals surface area contributed by atoms with Crippen molar-refractivity contribution in [3.63, 3.8) is 0 Å². The summed E-state index contributed by atoms with van der Waals surface area (Å²) in [5, 5.41) is 12.6. The topological polar surface area (TPSA) is 80.5 Å². The second kappa shape index (κ2) is 4.03. The normalized spacial score (nSPS) is 11.2. The minimum Gasteiger partial charge on any atom is -0.366 e. The van der Waals surface area contributed by atoms with Crippen molar-refractivity contribution < 1.29 is 13.2 Å². The molecule has 18 heavy (non-hydrogen) atoms. The van der Waals surface area contributed by atoms with Gasteiger partial charge in [-0.3, -0.25) is 0 Å². The highest BCUT2D eigenvalue weighted by Gasteiger charge is 2.31. The van der Waals surface area contributed by atoms with Crippen LogP contribution in [-0.2, 0) is 6.18 Å². The van der Waals surface area contributed by atoms with Gasteiger partial charge in [0.2, 0.25) is 5.95 Å². The molecule has 0 aliphatic carbocycles. The zero-order chi connectivity index (χ0) is 13.3. The summed E-state index contributed by atoms with van der Waals surface area (Å²) in [6.45, 7) is 0. The largest absolute Gasteiger partial charge is 0.416 e. The molecule has 92 valence electrons. The molecule has 2 aromatic rings. The highest BCUT2D eigenvalue weighted by atomic mass is 19.4. The van der Waals surface area contributed by atoms with Crippen LogP contribution < -0.4 is 5.73 Å². The number of nitrogens with two attached hydrogens (primary N) is 1. The summed E-state index contributed by atoms with van der Waals surface area (Å²) < 4.78 is 38.6. The molecule has 0 aliphatic heterocycles. The Bertz CT molecular complexity index is 623. The van der Waals surface area contributed by atoms with Crippen molar-refractivity contribution in [3.05, 3.63) is 35.7 Å². The van der Waals surface area contributed by atoms with Crippen LogP contribution in [0.15, 0.2) is 24.5 Å². The number of rotatable bonds is 1. The van der Waals surface area contributed by atoms with Crippen LogP contribution in [0.4, 0.5) is 19.1 Å². The molecule has 0 bridgehead atoms. The van der Waals surface area contributed by atoms with Gasteiger partial charge in [-0.05, 0) is 18.2 Å². The average Bonchev–Trinajstić information content (AvgIpc) is 2.73. The molecular formula is C10H6F3N5. The minimum atomic E-state index is -4.49. The lowest BCUT2D eigenvalue weighted by Crippen LogP contribution is -2.07. The molecule has 1 aromatic carbocycles. The second-order valence-electron chi connectivity index (χ2n) is 3.39. The lowest BCUT2D eigenvalue weighted by atomic mass is 10.1. The quantitative estimate of drug-likeness (QED) is 0.839. The van der Waals surface area contributed by atoms with E-state index in [1.165, 1.54) is 6.33 Å². The van der Waals surface area contributed by atoms with E-state index in [4.69, 9.17) is 11.0 Å². The number of nitrogen functional groups attached to an aromatic ring is 1. The molecular weight excluding hydrogens is 247 g/mol. The summed E-state index contributed by atoms with van der Waals surface area (Å²) in [6, 6.07) is 4.46. The standard InChI is InChI=1S/C10H6F3N5/c11-10(12,13)7-1-2-8(6(3-7)4-14)18-5-16-9(15)17-18/h1-3,5H,(H2,15,17). The lowest BCUT2D eigenvalue weighted by molar-refractivity contribution is -0.137. The lowest BCUT2D eigenvalue weighted by Gasteiger charge is -2.09. The Hall–Kier alpha value is -2.56. The molecule has 2 N–H and O–H groups in total. The predicted molar refractivity (Wildman–Crippen MR) is 55.5 cm³/mol. The van der Waals surface area contributed by atoms with Crippen molar-refractivity contribution >= 4 is 5.95 Å². The first-order valence-electron chi connectivity index (χ1n) is 4.70. The summed E-state index contributed by atoms with van der Waals surface area (Å²) >= 11 is 0. The van der Waals surface area contributed by atoms with Gasteiger partial charge in [-0.1, -0.05) is 0 Å². The number of alkyl halides is 3. The molecule has 1 heterocycles. The van der Waals surface area contributed by atoms with Crippen molar-refractivity contribution in [1.82, 2.24) is 14.8 Å². The van der Waals surface area contributed by atoms with Gasteiger partial charge in [0.05, 0.1) is 16.8 Å². The molecule has 0 unspecified atom stereocenters. The molecule has 0 aliphatic rings. The van der Waals surface area contributed by atoms with Crippen molar-refractivity contribution in [2.45, 2.75) is 6.18 Å². The zero-order valence-electron chi connectivity index (χ0n) is 8.81. The van der Waals surface area contributed by atoms with Gasteiger partial charge in [0.1, 0.15) is 12.4 Å². The molecule has 2 rings (SSSR count). The first-order chi connectivity index (χ1) is 8.41. The maximum atomic E-state index is 12.5. The van der Waals surface area contributed by atoms with E-state index in [0.29, 0.717) is 0 Å². The van der Waals surface area contributed by atoms with E-state index in [0.717, 1.165) is 22.9 Å². The average molecular weight is 253 g/mol. The van der Waals surface area contributed by atoms with E-state index >= 15 is 0 Å². The Labute approximate surface area is 99.3 Å². The fourth-order valence-corrected chi connectivity index (χ4v) is 1.39. The molecule has 0 saturated heterocycles. The number of hydrogen-bond acceptors (Lipinski definition) is 4. The minimum absolute atomic E-state index is 0.0289. The number of nitriles is 1.